The first-order chi connectivity index (χ1) is 1.91. The molecule has 0 aromatic heterocycles. The van der Waals surface area contributed by atoms with Gasteiger partial charge in [-0.15, -0.1) is 0 Å². The molecule has 7 heavy (non-hydrogen) atoms. The summed E-state index contributed by atoms with van der Waals surface area (Å²) in [7, 11) is 0. The van der Waals surface area contributed by atoms with Crippen molar-refractivity contribution in [3.8, 4) is 0 Å². The molecule has 0 spiro atoms. The third-order valence-corrected chi connectivity index (χ3v) is 0.0833. The Kier molecular flexibility index (Phi) is 98.5. The molecule has 0 N–H and O–H groups in total. The summed E-state index contributed by atoms with van der Waals surface area (Å²) in [6.07, 6.45) is 2.51. The molecule has 43 valence electrons. The van der Waals surface area contributed by atoms with E-state index in [-0.39, 0.29) is 51.5 Å². The average molecular weight is 201 g/mol. The molecule has 0 saturated carbocycles. The van der Waals surface area contributed by atoms with Crippen LogP contribution in [0.15, 0.2) is 12.7 Å². The SMILES string of the molecule is C=C[C-]=O.[Al].[Cu+].[Fe]. The molecule has 0 aliphatic heterocycles. The van der Waals surface area contributed by atoms with Crippen molar-refractivity contribution >= 4 is 23.6 Å². The molecule has 0 aliphatic rings. The molecule has 0 heterocycles. The number of hydrogen-bond donors (Lipinski definition) is 0. The van der Waals surface area contributed by atoms with Gasteiger partial charge in [0, 0.05) is 34.4 Å². The first kappa shape index (κ1) is 24.5. The maximum absolute atomic E-state index is 8.93. The molecule has 0 unspecified atom stereocenters. The molecule has 0 fully saturated rings. The van der Waals surface area contributed by atoms with Gasteiger partial charge in [0.25, 0.3) is 0 Å². The zero-order chi connectivity index (χ0) is 3.41. The minimum atomic E-state index is 0. The van der Waals surface area contributed by atoms with E-state index in [0.717, 1.165) is 6.08 Å². The standard InChI is InChI=1S/C3H3O.Al.Cu.Fe/c1-2-3-4;;;/h2H,1H2;;;/q-1;;+1;. The molecule has 0 saturated heterocycles. The van der Waals surface area contributed by atoms with Crippen LogP contribution < -0.4 is 0 Å². The van der Waals surface area contributed by atoms with Crippen molar-refractivity contribution in [3.63, 3.8) is 0 Å². The molecule has 4 heteroatoms. The minimum Gasteiger partial charge on any atom is -0.419 e. The summed E-state index contributed by atoms with van der Waals surface area (Å²) in [5.41, 5.74) is 0. The number of hydrogen-bond acceptors (Lipinski definition) is 1. The third kappa shape index (κ3) is 44.1. The molecule has 0 aliphatic carbocycles. The Balaban J connectivity index is -0.0000000150. The van der Waals surface area contributed by atoms with E-state index in [1.807, 2.05) is 0 Å². The van der Waals surface area contributed by atoms with Crippen molar-refractivity contribution in [2.75, 3.05) is 0 Å². The van der Waals surface area contributed by atoms with Gasteiger partial charge in [0.1, 0.15) is 0 Å². The summed E-state index contributed by atoms with van der Waals surface area (Å²) in [6, 6.07) is 0. The maximum Gasteiger partial charge on any atom is 1.00 e. The van der Waals surface area contributed by atoms with Crippen LogP contribution in [0.4, 0.5) is 0 Å². The smallest absolute Gasteiger partial charge is 0.419 e. The number of carbonyl (C=O) groups excluding carboxylic acids is 1. The monoisotopic (exact) mass is 201 g/mol. The van der Waals surface area contributed by atoms with Gasteiger partial charge in [-0.1, -0.05) is 0 Å². The van der Waals surface area contributed by atoms with Crippen LogP contribution in [0.25, 0.3) is 0 Å². The van der Waals surface area contributed by atoms with Crippen molar-refractivity contribution in [3.05, 3.63) is 12.7 Å². The van der Waals surface area contributed by atoms with Crippen LogP contribution >= 0.6 is 0 Å². The van der Waals surface area contributed by atoms with Gasteiger partial charge < -0.3 is 4.79 Å². The molecular formula is C3H3AlCuFeO. The van der Waals surface area contributed by atoms with Gasteiger partial charge in [-0.25, -0.2) is 12.7 Å². The topological polar surface area (TPSA) is 17.1 Å². The van der Waals surface area contributed by atoms with Crippen LogP contribution in [0.2, 0.25) is 0 Å². The van der Waals surface area contributed by atoms with E-state index in [0.29, 0.717) is 0 Å². The zero-order valence-corrected chi connectivity index (χ0v) is 6.63. The minimum absolute atomic E-state index is 0. The normalized spacial score (nSPS) is 2.86. The summed E-state index contributed by atoms with van der Waals surface area (Å²) in [6.45, 7) is 3.06. The van der Waals surface area contributed by atoms with E-state index in [2.05, 4.69) is 6.58 Å². The summed E-state index contributed by atoms with van der Waals surface area (Å²) in [4.78, 5) is 8.93. The molecule has 0 rings (SSSR count). The van der Waals surface area contributed by atoms with Gasteiger partial charge >= 0.3 is 17.1 Å². The Morgan fingerprint density at radius 2 is 1.71 bits per heavy atom. The number of rotatable bonds is 1. The van der Waals surface area contributed by atoms with Crippen LogP contribution in [0.1, 0.15) is 0 Å². The second-order valence-corrected chi connectivity index (χ2v) is 0.322. The first-order valence-electron chi connectivity index (χ1n) is 0.901. The second-order valence-electron chi connectivity index (χ2n) is 0.322. The van der Waals surface area contributed by atoms with Crippen molar-refractivity contribution in [1.29, 1.82) is 0 Å². The molecule has 0 atom stereocenters. The van der Waals surface area contributed by atoms with Crippen molar-refractivity contribution in [1.82, 2.24) is 0 Å². The fraction of sp³-hybridized carbons (Fsp3) is 0. The van der Waals surface area contributed by atoms with E-state index < -0.39 is 0 Å². The molecule has 0 aromatic carbocycles. The predicted molar refractivity (Wildman–Crippen MR) is 21.6 cm³/mol. The van der Waals surface area contributed by atoms with Crippen LogP contribution in [0.3, 0.4) is 0 Å². The Morgan fingerprint density at radius 3 is 1.71 bits per heavy atom. The first-order valence-corrected chi connectivity index (χ1v) is 0.901. The van der Waals surface area contributed by atoms with Gasteiger partial charge in [-0.05, 0) is 6.29 Å². The van der Waals surface area contributed by atoms with Gasteiger partial charge in [-0.3, -0.25) is 0 Å². The van der Waals surface area contributed by atoms with Crippen molar-refractivity contribution < 1.29 is 38.9 Å². The largest absolute Gasteiger partial charge is 1.00 e. The van der Waals surface area contributed by atoms with Crippen LogP contribution in [-0.2, 0) is 38.9 Å². The Labute approximate surface area is 75.0 Å². The maximum atomic E-state index is 8.93. The van der Waals surface area contributed by atoms with Crippen molar-refractivity contribution in [2.45, 2.75) is 0 Å². The molecule has 1 nitrogen and oxygen atoms in total. The molecule has 3 radical (unpaired) electrons. The summed E-state index contributed by atoms with van der Waals surface area (Å²) < 4.78 is 0. The second kappa shape index (κ2) is 28.1. The van der Waals surface area contributed by atoms with E-state index in [1.165, 1.54) is 6.29 Å². The molecule has 0 bridgehead atoms. The van der Waals surface area contributed by atoms with E-state index in [1.54, 1.807) is 0 Å². The van der Waals surface area contributed by atoms with Gasteiger partial charge in [-0.2, -0.15) is 0 Å². The Morgan fingerprint density at radius 1 is 1.57 bits per heavy atom. The van der Waals surface area contributed by atoms with E-state index in [4.69, 9.17) is 4.79 Å². The van der Waals surface area contributed by atoms with Gasteiger partial charge in [0.15, 0.2) is 0 Å². The fourth-order valence-electron chi connectivity index (χ4n) is 0. The Hall–Kier alpha value is 0.981. The van der Waals surface area contributed by atoms with Gasteiger partial charge in [0.05, 0.1) is 0 Å². The summed E-state index contributed by atoms with van der Waals surface area (Å²) >= 11 is 0. The van der Waals surface area contributed by atoms with Crippen LogP contribution in [0, 0.1) is 0 Å². The Bertz CT molecular complexity index is 35.9. The average Bonchev–Trinajstić information content (AvgIpc) is 1.37. The number of allylic oxidation sites excluding steroid dienone is 1. The molecule has 0 aromatic rings. The fourth-order valence-corrected chi connectivity index (χ4v) is 0. The molecule has 0 amide bonds. The van der Waals surface area contributed by atoms with Gasteiger partial charge in [0.2, 0.25) is 0 Å². The summed E-state index contributed by atoms with van der Waals surface area (Å²) in [5.74, 6) is 0. The quantitative estimate of drug-likeness (QED) is 0.329. The molecular weight excluding hydrogens is 198 g/mol. The van der Waals surface area contributed by atoms with Crippen LogP contribution in [-0.4, -0.2) is 23.6 Å². The zero-order valence-electron chi connectivity index (χ0n) is 3.43. The van der Waals surface area contributed by atoms with Crippen LogP contribution in [0.5, 0.6) is 0 Å². The van der Waals surface area contributed by atoms with E-state index >= 15 is 0 Å². The van der Waals surface area contributed by atoms with E-state index in [9.17, 15) is 0 Å². The third-order valence-electron chi connectivity index (χ3n) is 0.0833. The summed E-state index contributed by atoms with van der Waals surface area (Å²) in [5, 5.41) is 0. The predicted octanol–water partition coefficient (Wildman–Crippen LogP) is -0.104. The van der Waals surface area contributed by atoms with Crippen molar-refractivity contribution in [2.24, 2.45) is 0 Å².